The Morgan fingerprint density at radius 1 is 1.61 bits per heavy atom. The molecule has 1 aromatic heterocycles. The van der Waals surface area contributed by atoms with Gasteiger partial charge < -0.3 is 10.1 Å². The summed E-state index contributed by atoms with van der Waals surface area (Å²) in [6, 6.07) is 2.62. The number of halogens is 1. The molecule has 1 amide bonds. The molecule has 7 nitrogen and oxygen atoms in total. The van der Waals surface area contributed by atoms with Crippen LogP contribution in [0.15, 0.2) is 12.1 Å². The second-order valence-corrected chi connectivity index (χ2v) is 5.26. The van der Waals surface area contributed by atoms with Gasteiger partial charge in [-0.1, -0.05) is 27.3 Å². The molecule has 1 heterocycles. The van der Waals surface area contributed by atoms with E-state index in [1.807, 2.05) is 0 Å². The van der Waals surface area contributed by atoms with Crippen LogP contribution in [0.5, 0.6) is 0 Å². The van der Waals surface area contributed by atoms with Gasteiger partial charge in [-0.05, 0) is 6.07 Å². The molecule has 9 heteroatoms. The highest BCUT2D eigenvalue weighted by Crippen LogP contribution is 2.23. The number of esters is 1. The average Bonchev–Trinajstić information content (AvgIpc) is 2.84. The van der Waals surface area contributed by atoms with Crippen molar-refractivity contribution in [2.45, 2.75) is 4.83 Å². The Balaban J connectivity index is 2.55. The molecule has 0 fully saturated rings. The third kappa shape index (κ3) is 3.77. The monoisotopic (exact) mass is 336 g/mol. The van der Waals surface area contributed by atoms with Crippen molar-refractivity contribution >= 4 is 44.1 Å². The summed E-state index contributed by atoms with van der Waals surface area (Å²) in [6.45, 7) is 0.0389. The van der Waals surface area contributed by atoms with Crippen LogP contribution in [0.3, 0.4) is 0 Å². The van der Waals surface area contributed by atoms with Crippen molar-refractivity contribution in [3.05, 3.63) is 27.1 Å². The van der Waals surface area contributed by atoms with Crippen LogP contribution in [0.2, 0.25) is 0 Å². The smallest absolute Gasteiger partial charge is 0.324 e. The number of hydrogen-bond acceptors (Lipinski definition) is 6. The van der Waals surface area contributed by atoms with Crippen LogP contribution in [-0.2, 0) is 9.53 Å². The molecule has 0 radical (unpaired) electrons. The first kappa shape index (κ1) is 14.6. The summed E-state index contributed by atoms with van der Waals surface area (Å²) >= 11 is 3.81. The number of alkyl halides is 1. The zero-order valence-electron chi connectivity index (χ0n) is 9.21. The number of nitrogens with one attached hydrogen (secondary N) is 1. The fourth-order valence-electron chi connectivity index (χ4n) is 1.03. The number of amides is 1. The first-order chi connectivity index (χ1) is 8.45. The molecule has 0 aliphatic carbocycles. The zero-order valence-corrected chi connectivity index (χ0v) is 11.6. The van der Waals surface area contributed by atoms with E-state index in [-0.39, 0.29) is 16.4 Å². The Kier molecular flexibility index (Phi) is 5.23. The maximum absolute atomic E-state index is 11.6. The fourth-order valence-corrected chi connectivity index (χ4v) is 2.11. The second-order valence-electron chi connectivity index (χ2n) is 3.10. The molecule has 0 saturated heterocycles. The van der Waals surface area contributed by atoms with Gasteiger partial charge in [-0.25, -0.2) is 0 Å². The Morgan fingerprint density at radius 2 is 2.28 bits per heavy atom. The van der Waals surface area contributed by atoms with Crippen LogP contribution in [0, 0.1) is 10.1 Å². The molecule has 1 N–H and O–H groups in total. The maximum Gasteiger partial charge on any atom is 0.324 e. The van der Waals surface area contributed by atoms with Gasteiger partial charge in [0.1, 0.15) is 4.83 Å². The minimum Gasteiger partial charge on any atom is -0.468 e. The van der Waals surface area contributed by atoms with Crippen molar-refractivity contribution in [1.82, 2.24) is 5.32 Å². The molecule has 98 valence electrons. The van der Waals surface area contributed by atoms with Gasteiger partial charge in [0.15, 0.2) is 0 Å². The van der Waals surface area contributed by atoms with Gasteiger partial charge in [0.25, 0.3) is 5.91 Å². The van der Waals surface area contributed by atoms with Gasteiger partial charge in [-0.3, -0.25) is 19.7 Å². The molecule has 1 atom stereocenters. The third-order valence-electron chi connectivity index (χ3n) is 1.89. The lowest BCUT2D eigenvalue weighted by Crippen LogP contribution is -2.33. The van der Waals surface area contributed by atoms with Crippen molar-refractivity contribution in [3.8, 4) is 0 Å². The van der Waals surface area contributed by atoms with Gasteiger partial charge in [-0.15, -0.1) is 0 Å². The molecule has 0 saturated carbocycles. The first-order valence-electron chi connectivity index (χ1n) is 4.70. The lowest BCUT2D eigenvalue weighted by Gasteiger charge is -2.07. The van der Waals surface area contributed by atoms with Crippen molar-refractivity contribution in [2.75, 3.05) is 13.7 Å². The molecule has 1 rings (SSSR count). The molecule has 0 aliphatic heterocycles. The minimum atomic E-state index is -0.651. The quantitative estimate of drug-likeness (QED) is 0.378. The Hall–Kier alpha value is -1.48. The molecule has 18 heavy (non-hydrogen) atoms. The van der Waals surface area contributed by atoms with E-state index in [2.05, 4.69) is 26.0 Å². The molecule has 0 spiro atoms. The fraction of sp³-hybridized carbons (Fsp3) is 0.333. The molecule has 0 aliphatic rings. The highest BCUT2D eigenvalue weighted by Gasteiger charge is 2.19. The van der Waals surface area contributed by atoms with E-state index in [9.17, 15) is 19.7 Å². The lowest BCUT2D eigenvalue weighted by molar-refractivity contribution is -0.380. The number of rotatable bonds is 5. The highest BCUT2D eigenvalue weighted by molar-refractivity contribution is 9.10. The lowest BCUT2D eigenvalue weighted by atomic mass is 10.4. The van der Waals surface area contributed by atoms with E-state index in [0.29, 0.717) is 0 Å². The molecular formula is C9H9BrN2O5S. The normalized spacial score (nSPS) is 11.7. The van der Waals surface area contributed by atoms with E-state index in [1.165, 1.54) is 19.2 Å². The molecule has 0 bridgehead atoms. The second kappa shape index (κ2) is 6.45. The van der Waals surface area contributed by atoms with Crippen LogP contribution < -0.4 is 5.32 Å². The van der Waals surface area contributed by atoms with Crippen LogP contribution >= 0.6 is 27.3 Å². The van der Waals surface area contributed by atoms with Crippen molar-refractivity contribution in [1.29, 1.82) is 0 Å². The summed E-state index contributed by atoms with van der Waals surface area (Å²) in [7, 11) is 1.24. The SMILES string of the molecule is COC(=O)C(Br)CNC(=O)c1ccc([N+](=O)[O-])s1. The average molecular weight is 337 g/mol. The number of carbonyl (C=O) groups is 2. The number of thiophene rings is 1. The van der Waals surface area contributed by atoms with Crippen LogP contribution in [-0.4, -0.2) is 35.3 Å². The Morgan fingerprint density at radius 3 is 2.78 bits per heavy atom. The number of methoxy groups -OCH3 is 1. The molecule has 0 aromatic carbocycles. The zero-order chi connectivity index (χ0) is 13.7. The summed E-state index contributed by atoms with van der Waals surface area (Å²) in [4.78, 5) is 32.1. The van der Waals surface area contributed by atoms with E-state index in [4.69, 9.17) is 0 Å². The number of ether oxygens (including phenoxy) is 1. The number of hydrogen-bond donors (Lipinski definition) is 1. The topological polar surface area (TPSA) is 98.5 Å². The Bertz CT molecular complexity index is 475. The predicted octanol–water partition coefficient (Wildman–Crippen LogP) is 1.32. The minimum absolute atomic E-state index is 0.0389. The first-order valence-corrected chi connectivity index (χ1v) is 6.43. The van der Waals surface area contributed by atoms with Crippen LogP contribution in [0.1, 0.15) is 9.67 Å². The number of nitrogens with zero attached hydrogens (tertiary/aromatic N) is 1. The number of carbonyl (C=O) groups excluding carboxylic acids is 2. The van der Waals surface area contributed by atoms with Crippen molar-refractivity contribution in [2.24, 2.45) is 0 Å². The van der Waals surface area contributed by atoms with Crippen LogP contribution in [0.25, 0.3) is 0 Å². The van der Waals surface area contributed by atoms with E-state index >= 15 is 0 Å². The summed E-state index contributed by atoms with van der Waals surface area (Å²) in [5, 5.41) is 12.8. The summed E-state index contributed by atoms with van der Waals surface area (Å²) in [5.74, 6) is -0.978. The summed E-state index contributed by atoms with van der Waals surface area (Å²) in [6.07, 6.45) is 0. The maximum atomic E-state index is 11.6. The summed E-state index contributed by atoms with van der Waals surface area (Å²) < 4.78 is 4.46. The molecule has 1 aromatic rings. The van der Waals surface area contributed by atoms with Gasteiger partial charge in [0.2, 0.25) is 0 Å². The van der Waals surface area contributed by atoms with Crippen molar-refractivity contribution in [3.63, 3.8) is 0 Å². The van der Waals surface area contributed by atoms with Gasteiger partial charge in [0.05, 0.1) is 16.9 Å². The Labute approximate surface area is 114 Å². The largest absolute Gasteiger partial charge is 0.468 e. The van der Waals surface area contributed by atoms with Gasteiger partial charge >= 0.3 is 11.0 Å². The standard InChI is InChI=1S/C9H9BrN2O5S/c1-17-9(14)5(10)4-11-8(13)6-2-3-7(18-6)12(15)16/h2-3,5H,4H2,1H3,(H,11,13). The van der Waals surface area contributed by atoms with Gasteiger partial charge in [-0.2, -0.15) is 0 Å². The van der Waals surface area contributed by atoms with Gasteiger partial charge in [0, 0.05) is 12.6 Å². The van der Waals surface area contributed by atoms with E-state index < -0.39 is 21.6 Å². The van der Waals surface area contributed by atoms with Crippen molar-refractivity contribution < 1.29 is 19.2 Å². The highest BCUT2D eigenvalue weighted by atomic mass is 79.9. The van der Waals surface area contributed by atoms with E-state index in [0.717, 1.165) is 11.3 Å². The molecule has 1 unspecified atom stereocenters. The van der Waals surface area contributed by atoms with E-state index in [1.54, 1.807) is 0 Å². The molecular weight excluding hydrogens is 328 g/mol. The predicted molar refractivity (Wildman–Crippen MR) is 68.0 cm³/mol. The summed E-state index contributed by atoms with van der Waals surface area (Å²) in [5.41, 5.74) is 0. The number of nitro groups is 1. The third-order valence-corrected chi connectivity index (χ3v) is 3.63. The van der Waals surface area contributed by atoms with Crippen LogP contribution in [0.4, 0.5) is 5.00 Å².